The molecular weight excluding hydrogens is 712 g/mol. The lowest BCUT2D eigenvalue weighted by Crippen LogP contribution is -2.55. The van der Waals surface area contributed by atoms with Crippen LogP contribution < -0.4 is 0 Å². The molecule has 5 aliphatic rings. The summed E-state index contributed by atoms with van der Waals surface area (Å²) in [6.07, 6.45) is -11.9. The van der Waals surface area contributed by atoms with Gasteiger partial charge in [0, 0.05) is 48.8 Å². The molecule has 0 aromatic heterocycles. The molecule has 0 saturated carbocycles. The molecule has 3 aliphatic heterocycles. The number of ketones is 3. The van der Waals surface area contributed by atoms with Crippen molar-refractivity contribution in [3.8, 4) is 17.2 Å². The van der Waals surface area contributed by atoms with Crippen molar-refractivity contribution < 1.29 is 78.6 Å². The number of ether oxygens (including phenoxy) is 6. The second-order valence-corrected chi connectivity index (χ2v) is 14.9. The van der Waals surface area contributed by atoms with E-state index in [-0.39, 0.29) is 48.2 Å². The Bertz CT molecular complexity index is 1800. The Morgan fingerprint density at radius 3 is 1.93 bits per heavy atom. The number of phenols is 3. The Balaban J connectivity index is 1.08. The maximum absolute atomic E-state index is 13.7. The molecule has 0 radical (unpaired) electrons. The van der Waals surface area contributed by atoms with E-state index in [1.165, 1.54) is 18.2 Å². The zero-order valence-corrected chi connectivity index (χ0v) is 30.2. The highest BCUT2D eigenvalue weighted by Crippen LogP contribution is 2.56. The van der Waals surface area contributed by atoms with Crippen molar-refractivity contribution in [3.05, 3.63) is 51.6 Å². The van der Waals surface area contributed by atoms with E-state index in [4.69, 9.17) is 28.4 Å². The second-order valence-electron chi connectivity index (χ2n) is 14.9. The van der Waals surface area contributed by atoms with Crippen molar-refractivity contribution in [2.45, 2.75) is 146 Å². The van der Waals surface area contributed by atoms with Crippen LogP contribution in [0.15, 0.2) is 18.2 Å². The number of fused-ring (bicyclic) bond motifs is 3. The molecule has 3 saturated heterocycles. The smallest absolute Gasteiger partial charge is 0.202 e. The van der Waals surface area contributed by atoms with Gasteiger partial charge >= 0.3 is 0 Å². The lowest BCUT2D eigenvalue weighted by molar-refractivity contribution is -0.330. The van der Waals surface area contributed by atoms with Crippen LogP contribution in [-0.2, 0) is 33.2 Å². The Kier molecular flexibility index (Phi) is 10.4. The number of Topliss-reactive ketones (excluding diaryl/α,β-unsaturated/α-hetero) is 1. The van der Waals surface area contributed by atoms with E-state index in [1.54, 1.807) is 27.7 Å². The predicted molar refractivity (Wildman–Crippen MR) is 182 cm³/mol. The number of carbonyl (C=O) groups is 3. The minimum atomic E-state index is -1.92. The van der Waals surface area contributed by atoms with Gasteiger partial charge in [-0.3, -0.25) is 14.4 Å². The van der Waals surface area contributed by atoms with Crippen LogP contribution in [0.1, 0.15) is 121 Å². The summed E-state index contributed by atoms with van der Waals surface area (Å²) in [6, 6.07) is 3.84. The van der Waals surface area contributed by atoms with E-state index in [9.17, 15) is 50.1 Å². The Morgan fingerprint density at radius 2 is 1.33 bits per heavy atom. The molecule has 0 unspecified atom stereocenters. The molecule has 7 N–H and O–H groups in total. The van der Waals surface area contributed by atoms with Crippen LogP contribution in [0.3, 0.4) is 0 Å². The summed E-state index contributed by atoms with van der Waals surface area (Å²) in [5.74, 6) is -3.94. The van der Waals surface area contributed by atoms with E-state index < -0.39 is 125 Å². The number of phenolic OH excluding ortho intramolecular Hbond substituents is 3. The zero-order valence-electron chi connectivity index (χ0n) is 30.2. The number of carbonyl (C=O) groups excluding carboxylic acids is 3. The highest BCUT2D eigenvalue weighted by Gasteiger charge is 2.52. The molecule has 0 amide bonds. The molecule has 2 aromatic carbocycles. The van der Waals surface area contributed by atoms with Crippen LogP contribution in [0.25, 0.3) is 0 Å². The second kappa shape index (κ2) is 14.5. The van der Waals surface area contributed by atoms with Gasteiger partial charge in [0.05, 0.1) is 52.8 Å². The van der Waals surface area contributed by atoms with Gasteiger partial charge in [0.1, 0.15) is 41.7 Å². The molecule has 13 atom stereocenters. The third kappa shape index (κ3) is 6.51. The first-order valence-corrected chi connectivity index (χ1v) is 18.3. The number of aliphatic hydroxyl groups excluding tert-OH is 3. The standard InChI is InChI=1S/C38H46O16/c1-5-38(48)13-22(27-30(37(38)47)34(46)28-29(33(27)45)32(44)26-17(31(28)43)7-6-8-19(26)40)52-24-11-20(41)36(16(4)50-24)54-25-12-21(42)35(15(3)51-25)53-23-10-9-18(39)14(2)49-23/h6-8,14-16,20-25,35-37,40-42,45-48H,5,9-13H2,1-4H3/t14-,15-,16-,20-,21-,22-,23-,24-,25-,35+,36+,37+,38+/m0/s1. The lowest BCUT2D eigenvalue weighted by Gasteiger charge is -2.46. The van der Waals surface area contributed by atoms with Gasteiger partial charge in [-0.25, -0.2) is 0 Å². The minimum Gasteiger partial charge on any atom is -0.507 e. The summed E-state index contributed by atoms with van der Waals surface area (Å²) in [7, 11) is 0. The summed E-state index contributed by atoms with van der Waals surface area (Å²) >= 11 is 0. The van der Waals surface area contributed by atoms with Gasteiger partial charge in [-0.15, -0.1) is 0 Å². The Hall–Kier alpha value is -3.55. The first-order chi connectivity index (χ1) is 25.5. The average Bonchev–Trinajstić information content (AvgIpc) is 3.11. The van der Waals surface area contributed by atoms with E-state index >= 15 is 0 Å². The number of hydrogen-bond donors (Lipinski definition) is 7. The molecule has 16 heteroatoms. The number of benzene rings is 2. The summed E-state index contributed by atoms with van der Waals surface area (Å²) in [5.41, 5.74) is -4.32. The van der Waals surface area contributed by atoms with Gasteiger partial charge in [0.2, 0.25) is 5.78 Å². The SMILES string of the molecule is CC[C@@]1(O)C[C@H](O[C@H]2C[C@H](O)[C@H](O[C@H]3C[C@H](O)[C@H](O[C@H]4CCC(=O)[C@H](C)O4)[C@H](C)O3)[C@H](C)O2)c2c(O)c3c(c(O)c2[C@H]1O)C(=O)c1cccc(O)c1C3=O. The van der Waals surface area contributed by atoms with Gasteiger partial charge in [-0.2, -0.15) is 0 Å². The largest absolute Gasteiger partial charge is 0.507 e. The normalized spacial score (nSPS) is 38.1. The fraction of sp³-hybridized carbons (Fsp3) is 0.605. The highest BCUT2D eigenvalue weighted by atomic mass is 16.7. The van der Waals surface area contributed by atoms with Gasteiger partial charge in [0.15, 0.2) is 30.4 Å². The van der Waals surface area contributed by atoms with Crippen LogP contribution in [0.5, 0.6) is 17.2 Å². The maximum atomic E-state index is 13.7. The summed E-state index contributed by atoms with van der Waals surface area (Å²) in [5, 5.41) is 78.8. The molecule has 2 aliphatic carbocycles. The third-order valence-electron chi connectivity index (χ3n) is 11.4. The molecule has 54 heavy (non-hydrogen) atoms. The number of aliphatic hydroxyl groups is 4. The van der Waals surface area contributed by atoms with Gasteiger partial charge in [-0.1, -0.05) is 19.1 Å². The number of rotatable bonds is 7. The van der Waals surface area contributed by atoms with E-state index in [0.29, 0.717) is 12.8 Å². The van der Waals surface area contributed by atoms with E-state index in [2.05, 4.69) is 0 Å². The third-order valence-corrected chi connectivity index (χ3v) is 11.4. The predicted octanol–water partition coefficient (Wildman–Crippen LogP) is 2.07. The molecule has 3 heterocycles. The zero-order chi connectivity index (χ0) is 39.0. The molecule has 294 valence electrons. The fourth-order valence-corrected chi connectivity index (χ4v) is 8.37. The van der Waals surface area contributed by atoms with Crippen molar-refractivity contribution in [1.82, 2.24) is 0 Å². The van der Waals surface area contributed by atoms with Gasteiger partial charge in [-0.05, 0) is 33.3 Å². The number of aromatic hydroxyl groups is 3. The topological polar surface area (TPSA) is 248 Å². The van der Waals surface area contributed by atoms with Gasteiger partial charge < -0.3 is 64.2 Å². The van der Waals surface area contributed by atoms with Crippen molar-refractivity contribution >= 4 is 17.3 Å². The van der Waals surface area contributed by atoms with Crippen LogP contribution in [-0.4, -0.2) is 120 Å². The molecule has 0 spiro atoms. The first-order valence-electron chi connectivity index (χ1n) is 18.3. The van der Waals surface area contributed by atoms with E-state index in [1.807, 2.05) is 0 Å². The number of hydrogen-bond acceptors (Lipinski definition) is 16. The summed E-state index contributed by atoms with van der Waals surface area (Å²) < 4.78 is 36.1. The van der Waals surface area contributed by atoms with Crippen LogP contribution in [0, 0.1) is 0 Å². The summed E-state index contributed by atoms with van der Waals surface area (Å²) in [4.78, 5) is 39.1. The maximum Gasteiger partial charge on any atom is 0.202 e. The molecule has 16 nitrogen and oxygen atoms in total. The van der Waals surface area contributed by atoms with Crippen molar-refractivity contribution in [1.29, 1.82) is 0 Å². The van der Waals surface area contributed by atoms with Crippen LogP contribution in [0.4, 0.5) is 0 Å². The molecule has 7 rings (SSSR count). The van der Waals surface area contributed by atoms with E-state index in [0.717, 1.165) is 0 Å². The minimum absolute atomic E-state index is 0.000567. The van der Waals surface area contributed by atoms with Crippen LogP contribution >= 0.6 is 0 Å². The monoisotopic (exact) mass is 758 g/mol. The first kappa shape index (κ1) is 38.7. The molecule has 3 fully saturated rings. The van der Waals surface area contributed by atoms with Gasteiger partial charge in [0.25, 0.3) is 0 Å². The highest BCUT2D eigenvalue weighted by molar-refractivity contribution is 6.31. The van der Waals surface area contributed by atoms with Crippen molar-refractivity contribution in [2.24, 2.45) is 0 Å². The quantitative estimate of drug-likeness (QED) is 0.170. The van der Waals surface area contributed by atoms with Crippen LogP contribution in [0.2, 0.25) is 0 Å². The Morgan fingerprint density at radius 1 is 0.759 bits per heavy atom. The van der Waals surface area contributed by atoms with Crippen molar-refractivity contribution in [2.75, 3.05) is 0 Å². The van der Waals surface area contributed by atoms with Crippen molar-refractivity contribution in [3.63, 3.8) is 0 Å². The summed E-state index contributed by atoms with van der Waals surface area (Å²) in [6.45, 7) is 6.56. The Labute approximate surface area is 310 Å². The lowest BCUT2D eigenvalue weighted by atomic mass is 9.70. The molecule has 0 bridgehead atoms. The average molecular weight is 759 g/mol. The molecule has 2 aromatic rings. The fourth-order valence-electron chi connectivity index (χ4n) is 8.37. The molecular formula is C38H46O16.